The zero-order chi connectivity index (χ0) is 14.9. The number of hydrogen-bond acceptors (Lipinski definition) is 6. The summed E-state index contributed by atoms with van der Waals surface area (Å²) >= 11 is 7.42. The number of nitro groups is 1. The summed E-state index contributed by atoms with van der Waals surface area (Å²) in [6.45, 7) is 3.51. The summed E-state index contributed by atoms with van der Waals surface area (Å²) in [7, 11) is 1.76. The molecule has 0 spiro atoms. The first-order valence-electron chi connectivity index (χ1n) is 5.86. The standard InChI is InChI=1S/C12H13ClN4O2S/c1-7-10(17(18)19)11(15-12(13)14-7)16(3)8(2)9-5-4-6-20-9/h4-6,8H,1-3H3. The van der Waals surface area contributed by atoms with E-state index >= 15 is 0 Å². The van der Waals surface area contributed by atoms with Crippen molar-refractivity contribution in [2.45, 2.75) is 19.9 Å². The molecule has 0 aromatic carbocycles. The van der Waals surface area contributed by atoms with Gasteiger partial charge in [-0.1, -0.05) is 6.07 Å². The summed E-state index contributed by atoms with van der Waals surface area (Å²) in [5, 5.41) is 13.2. The molecule has 0 fully saturated rings. The van der Waals surface area contributed by atoms with E-state index < -0.39 is 4.92 Å². The first-order valence-corrected chi connectivity index (χ1v) is 7.12. The van der Waals surface area contributed by atoms with Gasteiger partial charge in [-0.3, -0.25) is 10.1 Å². The lowest BCUT2D eigenvalue weighted by atomic mass is 10.2. The zero-order valence-corrected chi connectivity index (χ0v) is 12.8. The molecular weight excluding hydrogens is 300 g/mol. The number of anilines is 1. The highest BCUT2D eigenvalue weighted by Crippen LogP contribution is 2.34. The maximum absolute atomic E-state index is 11.2. The molecular formula is C12H13ClN4O2S. The minimum absolute atomic E-state index is 0.00771. The first kappa shape index (κ1) is 14.7. The number of thiophene rings is 1. The van der Waals surface area contributed by atoms with E-state index in [1.807, 2.05) is 24.4 Å². The molecule has 1 unspecified atom stereocenters. The lowest BCUT2D eigenvalue weighted by Gasteiger charge is -2.25. The summed E-state index contributed by atoms with van der Waals surface area (Å²) in [4.78, 5) is 21.5. The SMILES string of the molecule is Cc1nc(Cl)nc(N(C)C(C)c2cccs2)c1[N+](=O)[O-]. The lowest BCUT2D eigenvalue weighted by molar-refractivity contribution is -0.385. The molecule has 20 heavy (non-hydrogen) atoms. The summed E-state index contributed by atoms with van der Waals surface area (Å²) in [6.07, 6.45) is 0. The van der Waals surface area contributed by atoms with Gasteiger partial charge in [0.25, 0.3) is 0 Å². The van der Waals surface area contributed by atoms with Crippen molar-refractivity contribution in [1.29, 1.82) is 0 Å². The smallest absolute Gasteiger partial charge is 0.332 e. The van der Waals surface area contributed by atoms with Crippen LogP contribution in [0.25, 0.3) is 0 Å². The minimum Gasteiger partial charge on any atom is -0.346 e. The first-order chi connectivity index (χ1) is 9.41. The third-order valence-corrected chi connectivity index (χ3v) is 4.28. The normalized spacial score (nSPS) is 12.2. The van der Waals surface area contributed by atoms with Gasteiger partial charge in [0.1, 0.15) is 5.69 Å². The van der Waals surface area contributed by atoms with E-state index in [-0.39, 0.29) is 28.5 Å². The highest BCUT2D eigenvalue weighted by atomic mass is 35.5. The highest BCUT2D eigenvalue weighted by molar-refractivity contribution is 7.10. The van der Waals surface area contributed by atoms with Crippen LogP contribution < -0.4 is 4.90 Å². The topological polar surface area (TPSA) is 72.2 Å². The molecule has 8 heteroatoms. The zero-order valence-electron chi connectivity index (χ0n) is 11.2. The fourth-order valence-electron chi connectivity index (χ4n) is 1.88. The molecule has 0 amide bonds. The van der Waals surface area contributed by atoms with Gasteiger partial charge in [0.2, 0.25) is 11.1 Å². The van der Waals surface area contributed by atoms with E-state index in [9.17, 15) is 10.1 Å². The molecule has 0 bridgehead atoms. The Bertz CT molecular complexity index is 633. The number of aryl methyl sites for hydroxylation is 1. The Morgan fingerprint density at radius 2 is 2.20 bits per heavy atom. The Morgan fingerprint density at radius 1 is 1.50 bits per heavy atom. The lowest BCUT2D eigenvalue weighted by Crippen LogP contribution is -2.23. The monoisotopic (exact) mass is 312 g/mol. The van der Waals surface area contributed by atoms with Crippen LogP contribution in [0.1, 0.15) is 23.5 Å². The van der Waals surface area contributed by atoms with Gasteiger partial charge >= 0.3 is 5.69 Å². The Balaban J connectivity index is 2.48. The summed E-state index contributed by atoms with van der Waals surface area (Å²) in [6, 6.07) is 3.88. The van der Waals surface area contributed by atoms with Crippen molar-refractivity contribution in [1.82, 2.24) is 9.97 Å². The predicted octanol–water partition coefficient (Wildman–Crippen LogP) is 3.61. The second-order valence-electron chi connectivity index (χ2n) is 4.31. The van der Waals surface area contributed by atoms with Gasteiger partial charge < -0.3 is 4.90 Å². The largest absolute Gasteiger partial charge is 0.346 e. The molecule has 2 aromatic heterocycles. The van der Waals surface area contributed by atoms with Crippen LogP contribution >= 0.6 is 22.9 Å². The van der Waals surface area contributed by atoms with Gasteiger partial charge in [-0.25, -0.2) is 4.98 Å². The van der Waals surface area contributed by atoms with E-state index in [2.05, 4.69) is 9.97 Å². The van der Waals surface area contributed by atoms with Crippen molar-refractivity contribution in [3.8, 4) is 0 Å². The van der Waals surface area contributed by atoms with Gasteiger partial charge in [-0.05, 0) is 36.9 Å². The quantitative estimate of drug-likeness (QED) is 0.490. The van der Waals surface area contributed by atoms with E-state index in [0.717, 1.165) is 4.88 Å². The third kappa shape index (κ3) is 2.73. The Morgan fingerprint density at radius 3 is 2.75 bits per heavy atom. The minimum atomic E-state index is -0.474. The Labute approximate surface area is 125 Å². The molecule has 0 N–H and O–H groups in total. The van der Waals surface area contributed by atoms with Crippen LogP contribution in [0.5, 0.6) is 0 Å². The molecule has 0 saturated carbocycles. The molecule has 0 saturated heterocycles. The summed E-state index contributed by atoms with van der Waals surface area (Å²) in [5.41, 5.74) is 0.149. The molecule has 6 nitrogen and oxygen atoms in total. The summed E-state index contributed by atoms with van der Waals surface area (Å²) < 4.78 is 0. The Kier molecular flexibility index (Phi) is 4.20. The second kappa shape index (κ2) is 5.72. The van der Waals surface area contributed by atoms with Crippen molar-refractivity contribution >= 4 is 34.4 Å². The van der Waals surface area contributed by atoms with Gasteiger partial charge in [0.15, 0.2) is 0 Å². The van der Waals surface area contributed by atoms with Crippen LogP contribution in [0, 0.1) is 17.0 Å². The molecule has 0 radical (unpaired) electrons. The number of rotatable bonds is 4. The van der Waals surface area contributed by atoms with E-state index in [0.29, 0.717) is 0 Å². The molecule has 2 aromatic rings. The van der Waals surface area contributed by atoms with Crippen LogP contribution in [0.3, 0.4) is 0 Å². The van der Waals surface area contributed by atoms with Gasteiger partial charge in [0.05, 0.1) is 11.0 Å². The molecule has 0 aliphatic carbocycles. The molecule has 106 valence electrons. The number of nitrogens with zero attached hydrogens (tertiary/aromatic N) is 4. The average molecular weight is 313 g/mol. The second-order valence-corrected chi connectivity index (χ2v) is 5.63. The molecule has 2 heterocycles. The van der Waals surface area contributed by atoms with Crippen molar-refractivity contribution < 1.29 is 4.92 Å². The molecule has 2 rings (SSSR count). The van der Waals surface area contributed by atoms with E-state index in [1.165, 1.54) is 0 Å². The van der Waals surface area contributed by atoms with Crippen molar-refractivity contribution in [2.75, 3.05) is 11.9 Å². The van der Waals surface area contributed by atoms with E-state index in [4.69, 9.17) is 11.6 Å². The number of halogens is 1. The van der Waals surface area contributed by atoms with Crippen molar-refractivity contribution in [3.63, 3.8) is 0 Å². The van der Waals surface area contributed by atoms with E-state index in [1.54, 1.807) is 30.2 Å². The van der Waals surface area contributed by atoms with Crippen LogP contribution in [-0.2, 0) is 0 Å². The van der Waals surface area contributed by atoms with Crippen LogP contribution in [0.4, 0.5) is 11.5 Å². The third-order valence-electron chi connectivity index (χ3n) is 3.07. The van der Waals surface area contributed by atoms with Crippen LogP contribution in [0.15, 0.2) is 17.5 Å². The highest BCUT2D eigenvalue weighted by Gasteiger charge is 2.27. The van der Waals surface area contributed by atoms with Gasteiger partial charge in [0, 0.05) is 11.9 Å². The molecule has 1 atom stereocenters. The van der Waals surface area contributed by atoms with Crippen molar-refractivity contribution in [2.24, 2.45) is 0 Å². The van der Waals surface area contributed by atoms with Crippen molar-refractivity contribution in [3.05, 3.63) is 43.5 Å². The molecule has 0 aliphatic heterocycles. The Hall–Kier alpha value is -1.73. The maximum atomic E-state index is 11.2. The fourth-order valence-corrected chi connectivity index (χ4v) is 2.91. The number of hydrogen-bond donors (Lipinski definition) is 0. The van der Waals surface area contributed by atoms with Crippen LogP contribution in [-0.4, -0.2) is 21.9 Å². The van der Waals surface area contributed by atoms with Crippen LogP contribution in [0.2, 0.25) is 5.28 Å². The average Bonchev–Trinajstić information content (AvgIpc) is 2.89. The molecule has 0 aliphatic rings. The number of aromatic nitrogens is 2. The summed E-state index contributed by atoms with van der Waals surface area (Å²) in [5.74, 6) is 0.230. The predicted molar refractivity (Wildman–Crippen MR) is 79.6 cm³/mol. The maximum Gasteiger partial charge on any atom is 0.332 e. The van der Waals surface area contributed by atoms with Gasteiger partial charge in [-0.2, -0.15) is 4.98 Å². The van der Waals surface area contributed by atoms with Gasteiger partial charge in [-0.15, -0.1) is 11.3 Å². The fraction of sp³-hybridized carbons (Fsp3) is 0.333.